The molecule has 2 amide bonds. The Labute approximate surface area is 110 Å². The van der Waals surface area contributed by atoms with Gasteiger partial charge >= 0.3 is 6.03 Å². The van der Waals surface area contributed by atoms with E-state index < -0.39 is 5.82 Å². The van der Waals surface area contributed by atoms with Crippen molar-refractivity contribution >= 4 is 11.7 Å². The Morgan fingerprint density at radius 3 is 3.05 bits per heavy atom. The first-order valence-electron chi connectivity index (χ1n) is 6.18. The predicted octanol–water partition coefficient (Wildman–Crippen LogP) is 0.911. The van der Waals surface area contributed by atoms with E-state index in [0.29, 0.717) is 31.9 Å². The predicted molar refractivity (Wildman–Crippen MR) is 67.2 cm³/mol. The molecular weight excluding hydrogens is 247 g/mol. The van der Waals surface area contributed by atoms with Crippen molar-refractivity contribution in [3.05, 3.63) is 29.6 Å². The zero-order valence-electron chi connectivity index (χ0n) is 10.3. The summed E-state index contributed by atoms with van der Waals surface area (Å²) in [5, 5.41) is 11.9. The number of hydrogen-bond donors (Lipinski definition) is 1. The molecule has 2 saturated heterocycles. The summed E-state index contributed by atoms with van der Waals surface area (Å²) in [6, 6.07) is 6.62. The van der Waals surface area contributed by atoms with Gasteiger partial charge in [0.15, 0.2) is 0 Å². The molecule has 2 aliphatic rings. The molecule has 1 atom stereocenters. The molecule has 1 N–H and O–H groups in total. The summed E-state index contributed by atoms with van der Waals surface area (Å²) in [5.74, 6) is -0.497. The summed E-state index contributed by atoms with van der Waals surface area (Å²) < 4.78 is 13.6. The van der Waals surface area contributed by atoms with Crippen LogP contribution < -0.4 is 10.2 Å². The standard InChI is InChI=1S/C13H13FN4O/c14-11-2-1-3-12(10(11)6-15)17-4-5-18-9(8-17)7-16-13(18)19/h1-3,9H,4-5,7-8H2,(H,16,19). The second kappa shape index (κ2) is 4.43. The normalized spacial score (nSPS) is 21.9. The van der Waals surface area contributed by atoms with E-state index in [1.807, 2.05) is 11.0 Å². The van der Waals surface area contributed by atoms with Gasteiger partial charge < -0.3 is 15.1 Å². The van der Waals surface area contributed by atoms with Crippen LogP contribution in [0.25, 0.3) is 0 Å². The highest BCUT2D eigenvalue weighted by atomic mass is 19.1. The molecule has 1 unspecified atom stereocenters. The maximum atomic E-state index is 13.6. The van der Waals surface area contributed by atoms with Crippen LogP contribution >= 0.6 is 0 Å². The van der Waals surface area contributed by atoms with Gasteiger partial charge in [-0.05, 0) is 12.1 Å². The fourth-order valence-electron chi connectivity index (χ4n) is 2.71. The molecule has 0 bridgehead atoms. The van der Waals surface area contributed by atoms with Crippen LogP contribution in [-0.2, 0) is 0 Å². The van der Waals surface area contributed by atoms with Gasteiger partial charge in [-0.15, -0.1) is 0 Å². The number of fused-ring (bicyclic) bond motifs is 1. The highest BCUT2D eigenvalue weighted by Crippen LogP contribution is 2.26. The topological polar surface area (TPSA) is 59.4 Å². The Kier molecular flexibility index (Phi) is 2.75. The lowest BCUT2D eigenvalue weighted by atomic mass is 10.1. The second-order valence-corrected chi connectivity index (χ2v) is 4.73. The van der Waals surface area contributed by atoms with E-state index in [1.54, 1.807) is 17.0 Å². The number of carbonyl (C=O) groups is 1. The lowest BCUT2D eigenvalue weighted by molar-refractivity contribution is 0.197. The first-order chi connectivity index (χ1) is 9.20. The summed E-state index contributed by atoms with van der Waals surface area (Å²) in [6.45, 7) is 2.43. The van der Waals surface area contributed by atoms with Crippen LogP contribution in [0.1, 0.15) is 5.56 Å². The molecular formula is C13H13FN4O. The lowest BCUT2D eigenvalue weighted by Gasteiger charge is -2.38. The molecule has 2 fully saturated rings. The number of rotatable bonds is 1. The molecule has 0 aromatic heterocycles. The Balaban J connectivity index is 1.87. The monoisotopic (exact) mass is 260 g/mol. The van der Waals surface area contributed by atoms with Gasteiger partial charge in [-0.25, -0.2) is 9.18 Å². The van der Waals surface area contributed by atoms with Crippen LogP contribution in [0.5, 0.6) is 0 Å². The Bertz CT molecular complexity index is 568. The molecule has 1 aromatic rings. The first-order valence-corrected chi connectivity index (χ1v) is 6.18. The van der Waals surface area contributed by atoms with Crippen LogP contribution in [0.3, 0.4) is 0 Å². The average Bonchev–Trinajstić information content (AvgIpc) is 2.79. The molecule has 1 aromatic carbocycles. The number of halogens is 1. The summed E-state index contributed by atoms with van der Waals surface area (Å²) in [6.07, 6.45) is 0. The quantitative estimate of drug-likeness (QED) is 0.816. The first kappa shape index (κ1) is 11.8. The average molecular weight is 260 g/mol. The van der Waals surface area contributed by atoms with Crippen molar-refractivity contribution in [3.8, 4) is 6.07 Å². The maximum Gasteiger partial charge on any atom is 0.317 e. The van der Waals surface area contributed by atoms with Crippen LogP contribution in [-0.4, -0.2) is 43.2 Å². The number of nitrogens with zero attached hydrogens (tertiary/aromatic N) is 3. The number of hydrogen-bond acceptors (Lipinski definition) is 3. The minimum atomic E-state index is -0.497. The van der Waals surface area contributed by atoms with Gasteiger partial charge in [-0.3, -0.25) is 0 Å². The lowest BCUT2D eigenvalue weighted by Crippen LogP contribution is -2.52. The number of amides is 2. The van der Waals surface area contributed by atoms with Gasteiger partial charge in [-0.1, -0.05) is 6.07 Å². The van der Waals surface area contributed by atoms with Gasteiger partial charge in [0, 0.05) is 26.2 Å². The minimum absolute atomic E-state index is 0.0376. The van der Waals surface area contributed by atoms with Crippen molar-refractivity contribution in [3.63, 3.8) is 0 Å². The molecule has 0 radical (unpaired) electrons. The van der Waals surface area contributed by atoms with E-state index in [9.17, 15) is 9.18 Å². The molecule has 0 saturated carbocycles. The Hall–Kier alpha value is -2.29. The summed E-state index contributed by atoms with van der Waals surface area (Å²) in [7, 11) is 0. The number of piperazine rings is 1. The molecule has 2 heterocycles. The third kappa shape index (κ3) is 1.87. The smallest absolute Gasteiger partial charge is 0.317 e. The van der Waals surface area contributed by atoms with Crippen molar-refractivity contribution < 1.29 is 9.18 Å². The highest BCUT2D eigenvalue weighted by Gasteiger charge is 2.36. The summed E-state index contributed by atoms with van der Waals surface area (Å²) >= 11 is 0. The fraction of sp³-hybridized carbons (Fsp3) is 0.385. The van der Waals surface area contributed by atoms with Gasteiger partial charge in [0.1, 0.15) is 17.4 Å². The molecule has 2 aliphatic heterocycles. The van der Waals surface area contributed by atoms with Crippen LogP contribution in [0.4, 0.5) is 14.9 Å². The molecule has 3 rings (SSSR count). The zero-order valence-corrected chi connectivity index (χ0v) is 10.3. The molecule has 5 nitrogen and oxygen atoms in total. The number of nitrogens with one attached hydrogen (secondary N) is 1. The molecule has 6 heteroatoms. The maximum absolute atomic E-state index is 13.6. The minimum Gasteiger partial charge on any atom is -0.366 e. The summed E-state index contributed by atoms with van der Waals surface area (Å²) in [4.78, 5) is 15.3. The molecule has 0 aliphatic carbocycles. The SMILES string of the molecule is N#Cc1c(F)cccc1N1CCN2C(=O)NCC2C1. The van der Waals surface area contributed by atoms with Crippen LogP contribution in [0, 0.1) is 17.1 Å². The Morgan fingerprint density at radius 2 is 2.26 bits per heavy atom. The van der Waals surface area contributed by atoms with E-state index in [1.165, 1.54) is 6.07 Å². The zero-order chi connectivity index (χ0) is 13.4. The number of benzene rings is 1. The van der Waals surface area contributed by atoms with Crippen molar-refractivity contribution in [2.75, 3.05) is 31.1 Å². The number of urea groups is 1. The van der Waals surface area contributed by atoms with Crippen molar-refractivity contribution in [2.45, 2.75) is 6.04 Å². The Morgan fingerprint density at radius 1 is 1.42 bits per heavy atom. The van der Waals surface area contributed by atoms with E-state index in [2.05, 4.69) is 5.32 Å². The van der Waals surface area contributed by atoms with Gasteiger partial charge in [0.05, 0.1) is 11.7 Å². The number of nitriles is 1. The second-order valence-electron chi connectivity index (χ2n) is 4.73. The third-order valence-electron chi connectivity index (χ3n) is 3.68. The van der Waals surface area contributed by atoms with Gasteiger partial charge in [0.2, 0.25) is 0 Å². The van der Waals surface area contributed by atoms with Crippen LogP contribution in [0.15, 0.2) is 18.2 Å². The van der Waals surface area contributed by atoms with Gasteiger partial charge in [-0.2, -0.15) is 5.26 Å². The van der Waals surface area contributed by atoms with Crippen molar-refractivity contribution in [2.24, 2.45) is 0 Å². The van der Waals surface area contributed by atoms with E-state index in [-0.39, 0.29) is 17.6 Å². The molecule has 0 spiro atoms. The van der Waals surface area contributed by atoms with Crippen LogP contribution in [0.2, 0.25) is 0 Å². The molecule has 98 valence electrons. The van der Waals surface area contributed by atoms with Crippen molar-refractivity contribution in [1.29, 1.82) is 5.26 Å². The highest BCUT2D eigenvalue weighted by molar-refractivity contribution is 5.77. The van der Waals surface area contributed by atoms with Crippen molar-refractivity contribution in [1.82, 2.24) is 10.2 Å². The largest absolute Gasteiger partial charge is 0.366 e. The number of anilines is 1. The molecule has 19 heavy (non-hydrogen) atoms. The van der Waals surface area contributed by atoms with E-state index in [4.69, 9.17) is 5.26 Å². The van der Waals surface area contributed by atoms with E-state index in [0.717, 1.165) is 0 Å². The van der Waals surface area contributed by atoms with Gasteiger partial charge in [0.25, 0.3) is 0 Å². The fourth-order valence-corrected chi connectivity index (χ4v) is 2.71. The summed E-state index contributed by atoms with van der Waals surface area (Å²) in [5.41, 5.74) is 0.690. The van der Waals surface area contributed by atoms with E-state index >= 15 is 0 Å². The third-order valence-corrected chi connectivity index (χ3v) is 3.68. The number of carbonyl (C=O) groups excluding carboxylic acids is 1.